The molecule has 0 radical (unpaired) electrons. The lowest BCUT2D eigenvalue weighted by molar-refractivity contribution is 0.269. The molecule has 0 fully saturated rings. The Morgan fingerprint density at radius 3 is 3.07 bits per heavy atom. The predicted molar refractivity (Wildman–Crippen MR) is 64.9 cm³/mol. The highest BCUT2D eigenvalue weighted by Crippen LogP contribution is 2.03. The zero-order chi connectivity index (χ0) is 10.9. The third-order valence-electron chi connectivity index (χ3n) is 2.16. The molecule has 3 nitrogen and oxygen atoms in total. The normalized spacial score (nSPS) is 12.7. The average Bonchev–Trinajstić information content (AvgIpc) is 2.28. The Hall–Kier alpha value is -0.580. The highest BCUT2D eigenvalue weighted by atomic mass is 32.2. The van der Waals surface area contributed by atoms with Crippen molar-refractivity contribution in [3.05, 3.63) is 30.1 Å². The second-order valence-corrected chi connectivity index (χ2v) is 4.32. The Balaban J connectivity index is 2.33. The molecule has 0 saturated carbocycles. The Bertz CT molecular complexity index is 250. The molecule has 0 spiro atoms. The Labute approximate surface area is 95.3 Å². The number of hydrogen-bond acceptors (Lipinski definition) is 4. The zero-order valence-electron chi connectivity index (χ0n) is 9.02. The van der Waals surface area contributed by atoms with Crippen molar-refractivity contribution in [1.29, 1.82) is 0 Å². The maximum absolute atomic E-state index is 8.90. The first kappa shape index (κ1) is 12.5. The molecule has 0 aliphatic carbocycles. The van der Waals surface area contributed by atoms with Gasteiger partial charge in [0.05, 0.1) is 0 Å². The minimum Gasteiger partial charge on any atom is -0.396 e. The lowest BCUT2D eigenvalue weighted by atomic mass is 10.2. The first-order valence-corrected chi connectivity index (χ1v) is 6.48. The highest BCUT2D eigenvalue weighted by molar-refractivity contribution is 7.98. The molecule has 15 heavy (non-hydrogen) atoms. The number of nitrogens with zero attached hydrogens (tertiary/aromatic N) is 1. The monoisotopic (exact) mass is 226 g/mol. The third kappa shape index (κ3) is 5.16. The fourth-order valence-electron chi connectivity index (χ4n) is 1.37. The molecule has 1 heterocycles. The van der Waals surface area contributed by atoms with Gasteiger partial charge in [0.2, 0.25) is 0 Å². The van der Waals surface area contributed by atoms with Gasteiger partial charge in [-0.3, -0.25) is 4.98 Å². The quantitative estimate of drug-likeness (QED) is 0.735. The van der Waals surface area contributed by atoms with Crippen LogP contribution in [0.2, 0.25) is 0 Å². The molecule has 1 unspecified atom stereocenters. The van der Waals surface area contributed by atoms with Crippen LogP contribution in [0.4, 0.5) is 0 Å². The SMILES string of the molecule is CSCC(CCO)NCc1cccnc1. The number of aliphatic hydroxyl groups is 1. The van der Waals surface area contributed by atoms with Crippen LogP contribution in [0, 0.1) is 0 Å². The van der Waals surface area contributed by atoms with Crippen molar-refractivity contribution in [3.8, 4) is 0 Å². The first-order chi connectivity index (χ1) is 7.36. The summed E-state index contributed by atoms with van der Waals surface area (Å²) in [5.74, 6) is 1.03. The van der Waals surface area contributed by atoms with Crippen molar-refractivity contribution in [1.82, 2.24) is 10.3 Å². The van der Waals surface area contributed by atoms with Gasteiger partial charge in [-0.05, 0) is 24.3 Å². The highest BCUT2D eigenvalue weighted by Gasteiger charge is 2.06. The average molecular weight is 226 g/mol. The molecule has 84 valence electrons. The Morgan fingerprint density at radius 1 is 1.60 bits per heavy atom. The Morgan fingerprint density at radius 2 is 2.47 bits per heavy atom. The van der Waals surface area contributed by atoms with Gasteiger partial charge in [-0.15, -0.1) is 0 Å². The molecule has 2 N–H and O–H groups in total. The van der Waals surface area contributed by atoms with E-state index in [-0.39, 0.29) is 6.61 Å². The van der Waals surface area contributed by atoms with Gasteiger partial charge in [0.15, 0.2) is 0 Å². The van der Waals surface area contributed by atoms with E-state index in [2.05, 4.69) is 22.6 Å². The summed E-state index contributed by atoms with van der Waals surface area (Å²) in [6.45, 7) is 1.06. The van der Waals surface area contributed by atoms with Crippen LogP contribution in [0.15, 0.2) is 24.5 Å². The molecule has 0 bridgehead atoms. The smallest absolute Gasteiger partial charge is 0.0446 e. The van der Waals surface area contributed by atoms with Gasteiger partial charge in [-0.2, -0.15) is 11.8 Å². The molecule has 1 atom stereocenters. The van der Waals surface area contributed by atoms with Crippen LogP contribution in [0.1, 0.15) is 12.0 Å². The minimum atomic E-state index is 0.241. The van der Waals surface area contributed by atoms with Crippen LogP contribution in [-0.4, -0.2) is 34.7 Å². The van der Waals surface area contributed by atoms with Gasteiger partial charge in [0.25, 0.3) is 0 Å². The Kier molecular flexibility index (Phi) is 6.39. The minimum absolute atomic E-state index is 0.241. The van der Waals surface area contributed by atoms with E-state index < -0.39 is 0 Å². The zero-order valence-corrected chi connectivity index (χ0v) is 9.83. The molecular weight excluding hydrogens is 208 g/mol. The number of hydrogen-bond donors (Lipinski definition) is 2. The molecular formula is C11H18N2OS. The van der Waals surface area contributed by atoms with E-state index in [1.54, 1.807) is 18.0 Å². The van der Waals surface area contributed by atoms with E-state index in [0.29, 0.717) is 6.04 Å². The van der Waals surface area contributed by atoms with Gasteiger partial charge in [-0.1, -0.05) is 6.07 Å². The summed E-state index contributed by atoms with van der Waals surface area (Å²) in [6.07, 6.45) is 6.52. The van der Waals surface area contributed by atoms with E-state index in [1.807, 2.05) is 12.3 Å². The predicted octanol–water partition coefficient (Wildman–Crippen LogP) is 1.29. The van der Waals surface area contributed by atoms with Crippen molar-refractivity contribution in [2.24, 2.45) is 0 Å². The summed E-state index contributed by atoms with van der Waals surface area (Å²) in [6, 6.07) is 4.37. The van der Waals surface area contributed by atoms with Gasteiger partial charge in [-0.25, -0.2) is 0 Å². The maximum atomic E-state index is 8.90. The van der Waals surface area contributed by atoms with Gasteiger partial charge in [0, 0.05) is 37.3 Å². The van der Waals surface area contributed by atoms with E-state index in [9.17, 15) is 0 Å². The lowest BCUT2D eigenvalue weighted by Gasteiger charge is -2.16. The number of nitrogens with one attached hydrogen (secondary N) is 1. The molecule has 0 amide bonds. The van der Waals surface area contributed by atoms with Crippen molar-refractivity contribution >= 4 is 11.8 Å². The molecule has 0 aromatic carbocycles. The summed E-state index contributed by atoms with van der Waals surface area (Å²) in [5, 5.41) is 12.3. The van der Waals surface area contributed by atoms with Crippen LogP contribution >= 0.6 is 11.8 Å². The molecule has 1 aromatic rings. The second kappa shape index (κ2) is 7.68. The molecule has 1 aromatic heterocycles. The topological polar surface area (TPSA) is 45.1 Å². The van der Waals surface area contributed by atoms with Crippen LogP contribution < -0.4 is 5.32 Å². The van der Waals surface area contributed by atoms with Crippen molar-refractivity contribution in [3.63, 3.8) is 0 Å². The fourth-order valence-corrected chi connectivity index (χ4v) is 2.05. The maximum Gasteiger partial charge on any atom is 0.0446 e. The van der Waals surface area contributed by atoms with Crippen molar-refractivity contribution in [2.75, 3.05) is 18.6 Å². The van der Waals surface area contributed by atoms with Crippen LogP contribution in [0.25, 0.3) is 0 Å². The number of aromatic nitrogens is 1. The molecule has 0 aliphatic rings. The largest absolute Gasteiger partial charge is 0.396 e. The van der Waals surface area contributed by atoms with Crippen molar-refractivity contribution < 1.29 is 5.11 Å². The second-order valence-electron chi connectivity index (χ2n) is 3.41. The van der Waals surface area contributed by atoms with Crippen molar-refractivity contribution in [2.45, 2.75) is 19.0 Å². The number of rotatable bonds is 7. The van der Waals surface area contributed by atoms with Gasteiger partial charge >= 0.3 is 0 Å². The van der Waals surface area contributed by atoms with Gasteiger partial charge < -0.3 is 10.4 Å². The van der Waals surface area contributed by atoms with Crippen LogP contribution in [-0.2, 0) is 6.54 Å². The number of thioether (sulfide) groups is 1. The molecule has 0 aliphatic heterocycles. The fraction of sp³-hybridized carbons (Fsp3) is 0.545. The van der Waals surface area contributed by atoms with Crippen LogP contribution in [0.5, 0.6) is 0 Å². The summed E-state index contributed by atoms with van der Waals surface area (Å²) < 4.78 is 0. The summed E-state index contributed by atoms with van der Waals surface area (Å²) in [4.78, 5) is 4.06. The van der Waals surface area contributed by atoms with Crippen LogP contribution in [0.3, 0.4) is 0 Å². The molecule has 1 rings (SSSR count). The molecule has 4 heteroatoms. The molecule has 0 saturated heterocycles. The van der Waals surface area contributed by atoms with E-state index in [1.165, 1.54) is 5.56 Å². The lowest BCUT2D eigenvalue weighted by Crippen LogP contribution is -2.31. The van der Waals surface area contributed by atoms with E-state index in [4.69, 9.17) is 5.11 Å². The summed E-state index contributed by atoms with van der Waals surface area (Å²) in [7, 11) is 0. The van der Waals surface area contributed by atoms with E-state index >= 15 is 0 Å². The summed E-state index contributed by atoms with van der Waals surface area (Å²) >= 11 is 1.80. The first-order valence-electron chi connectivity index (χ1n) is 5.09. The summed E-state index contributed by atoms with van der Waals surface area (Å²) in [5.41, 5.74) is 1.18. The van der Waals surface area contributed by atoms with E-state index in [0.717, 1.165) is 18.7 Å². The standard InChI is InChI=1S/C11H18N2OS/c1-15-9-11(4-6-14)13-8-10-3-2-5-12-7-10/h2-3,5,7,11,13-14H,4,6,8-9H2,1H3. The number of aliphatic hydroxyl groups excluding tert-OH is 1. The van der Waals surface area contributed by atoms with Gasteiger partial charge in [0.1, 0.15) is 0 Å². The number of pyridine rings is 1. The third-order valence-corrected chi connectivity index (χ3v) is 2.90.